The molecular weight excluding hydrogens is 377 g/mol. The van der Waals surface area contributed by atoms with Gasteiger partial charge in [-0.3, -0.25) is 0 Å². The van der Waals surface area contributed by atoms with Gasteiger partial charge in [0.15, 0.2) is 0 Å². The molecule has 0 bridgehead atoms. The number of hydrogen-bond acceptors (Lipinski definition) is 8. The fourth-order valence-corrected chi connectivity index (χ4v) is 0.345. The van der Waals surface area contributed by atoms with E-state index in [2.05, 4.69) is 8.58 Å². The fraction of sp³-hybridized carbons (Fsp3) is 0. The summed E-state index contributed by atoms with van der Waals surface area (Å²) in [5.74, 6) is 0. The van der Waals surface area contributed by atoms with Gasteiger partial charge < -0.3 is 5.21 Å². The van der Waals surface area contributed by atoms with Crippen LogP contribution in [-0.4, -0.2) is 17.3 Å². The number of nitrogens with two attached hydrogens (primary N) is 2. The first-order valence-corrected chi connectivity index (χ1v) is 6.60. The molecule has 0 saturated carbocycles. The Hall–Kier alpha value is -1.39. The van der Waals surface area contributed by atoms with E-state index in [9.17, 15) is 20.2 Å². The topological polar surface area (TPSA) is 202 Å². The molecule has 0 fully saturated rings. The Morgan fingerprint density at radius 1 is 1.00 bits per heavy atom. The summed E-state index contributed by atoms with van der Waals surface area (Å²) in [4.78, 5) is 27.7. The van der Waals surface area contributed by atoms with E-state index in [0.717, 1.165) is 0 Å². The van der Waals surface area contributed by atoms with Crippen LogP contribution >= 0.6 is 0 Å². The molecule has 0 amide bonds. The van der Waals surface area contributed by atoms with Crippen LogP contribution in [0.25, 0.3) is 0 Å². The molecule has 0 saturated heterocycles. The van der Waals surface area contributed by atoms with Crippen molar-refractivity contribution in [3.05, 3.63) is 30.3 Å². The molecule has 0 aromatic rings. The van der Waals surface area contributed by atoms with Crippen LogP contribution in [0.2, 0.25) is 0 Å². The first-order chi connectivity index (χ1) is 5.62. The summed E-state index contributed by atoms with van der Waals surface area (Å²) in [6.07, 6.45) is 0. The third-order valence-electron chi connectivity index (χ3n) is 0.370. The molecule has 0 atom stereocenters. The van der Waals surface area contributed by atoms with Gasteiger partial charge >= 0.3 is 52.8 Å². The zero-order chi connectivity index (χ0) is 11.2. The summed E-state index contributed by atoms with van der Waals surface area (Å²) in [6, 6.07) is 0. The molecule has 0 aliphatic heterocycles. The van der Waals surface area contributed by atoms with Crippen molar-refractivity contribution in [1.29, 1.82) is 0 Å². The third kappa shape index (κ3) is 6.99. The van der Waals surface area contributed by atoms with Crippen LogP contribution in [0.3, 0.4) is 0 Å². The standard InChI is InChI=1S/HNO3.2NO2.2H2N.Pt/c2-1(3)4;2*2-1-3;;;/h(H,2,3,4);;;2*1H2;/q;;;2*-1;+2. The maximum absolute atomic E-state index is 9.66. The molecule has 0 spiro atoms. The van der Waals surface area contributed by atoms with Gasteiger partial charge in [0, 0.05) is 0 Å². The monoisotopic (exact) mass is 382 g/mol. The van der Waals surface area contributed by atoms with Crippen molar-refractivity contribution in [3.8, 4) is 0 Å². The average molecular weight is 382 g/mol. The Morgan fingerprint density at radius 3 is 1.15 bits per heavy atom. The van der Waals surface area contributed by atoms with Crippen LogP contribution < -0.4 is 8.58 Å². The predicted molar refractivity (Wildman–Crippen MR) is 31.1 cm³/mol. The van der Waals surface area contributed by atoms with Crippen molar-refractivity contribution in [2.75, 3.05) is 0 Å². The molecule has 0 aliphatic rings. The van der Waals surface area contributed by atoms with Gasteiger partial charge in [0.1, 0.15) is 0 Å². The van der Waals surface area contributed by atoms with Gasteiger partial charge in [0.25, 0.3) is 5.09 Å². The molecule has 82 valence electrons. The second kappa shape index (κ2) is 5.29. The van der Waals surface area contributed by atoms with Crippen LogP contribution in [0.5, 0.6) is 0 Å². The minimum atomic E-state index is -4.82. The van der Waals surface area contributed by atoms with Crippen molar-refractivity contribution in [3.63, 3.8) is 0 Å². The van der Waals surface area contributed by atoms with Crippen molar-refractivity contribution < 1.29 is 34.3 Å². The molecule has 12 nitrogen and oxygen atoms in total. The quantitative estimate of drug-likeness (QED) is 0.354. The molecule has 0 rings (SSSR count). The van der Waals surface area contributed by atoms with E-state index in [0.29, 0.717) is 0 Å². The second-order valence-corrected chi connectivity index (χ2v) is 6.33. The molecule has 0 heterocycles. The van der Waals surface area contributed by atoms with Gasteiger partial charge in [-0.05, 0) is 0 Å². The Balaban J connectivity index is 0. The Bertz CT molecular complexity index is 201. The van der Waals surface area contributed by atoms with E-state index in [1.807, 2.05) is 0 Å². The zero-order valence-corrected chi connectivity index (χ0v) is 7.98. The van der Waals surface area contributed by atoms with Gasteiger partial charge in [0.05, 0.1) is 0 Å². The molecular formula is H5N5O7Pt. The van der Waals surface area contributed by atoms with E-state index < -0.39 is 29.1 Å². The summed E-state index contributed by atoms with van der Waals surface area (Å²) >= 11 is -4.82. The summed E-state index contributed by atoms with van der Waals surface area (Å²) < 4.78 is 6.72. The zero-order valence-electron chi connectivity index (χ0n) is 5.71. The Kier molecular flexibility index (Phi) is 5.76. The number of nitrogens with zero attached hydrogens (tertiary/aromatic N) is 3. The number of rotatable bonds is 2. The van der Waals surface area contributed by atoms with Crippen LogP contribution in [0.4, 0.5) is 0 Å². The van der Waals surface area contributed by atoms with Gasteiger partial charge in [-0.15, -0.1) is 10.1 Å². The maximum atomic E-state index is 9.66. The van der Waals surface area contributed by atoms with Crippen molar-refractivity contribution in [1.82, 2.24) is 0 Å². The molecule has 5 N–H and O–H groups in total. The molecule has 0 aliphatic carbocycles. The first-order valence-electron chi connectivity index (χ1n) is 1.94. The fourth-order valence-electron chi connectivity index (χ4n) is 0.0422. The summed E-state index contributed by atoms with van der Waals surface area (Å²) in [6.45, 7) is 0. The summed E-state index contributed by atoms with van der Waals surface area (Å²) in [5, 5.41) is 33.0. The van der Waals surface area contributed by atoms with Gasteiger partial charge in [-0.2, -0.15) is 0 Å². The predicted octanol–water partition coefficient (Wildman–Crippen LogP) is -2.08. The third-order valence-corrected chi connectivity index (χ3v) is 3.03. The molecule has 13 heteroatoms. The second-order valence-electron chi connectivity index (χ2n) is 1.11. The summed E-state index contributed by atoms with van der Waals surface area (Å²) in [5.41, 5.74) is 0. The van der Waals surface area contributed by atoms with Crippen LogP contribution in [0, 0.1) is 30.3 Å². The van der Waals surface area contributed by atoms with Crippen molar-refractivity contribution in [2.45, 2.75) is 0 Å². The summed E-state index contributed by atoms with van der Waals surface area (Å²) in [7, 11) is 0. The van der Waals surface area contributed by atoms with Crippen molar-refractivity contribution >= 4 is 0 Å². The molecule has 0 unspecified atom stereocenters. The van der Waals surface area contributed by atoms with E-state index in [4.69, 9.17) is 15.3 Å². The molecule has 0 aromatic heterocycles. The van der Waals surface area contributed by atoms with Gasteiger partial charge in [-0.1, -0.05) is 0 Å². The van der Waals surface area contributed by atoms with E-state index >= 15 is 0 Å². The average Bonchev–Trinajstić information content (AvgIpc) is 1.85. The SMILES string of the molecule is O=[N+]([O-])O.[NH2][Pt]([NH2])([N+](=O)[O-])[N+](=O)[O-]. The molecule has 13 heavy (non-hydrogen) atoms. The number of nitro groups is 2. The minimum absolute atomic E-state index is 1.20. The van der Waals surface area contributed by atoms with E-state index in [-0.39, 0.29) is 0 Å². The van der Waals surface area contributed by atoms with Crippen LogP contribution in [0.15, 0.2) is 0 Å². The number of hydrogen-bond donors (Lipinski definition) is 3. The Morgan fingerprint density at radius 2 is 1.15 bits per heavy atom. The van der Waals surface area contributed by atoms with Crippen LogP contribution in [0.1, 0.15) is 0 Å². The van der Waals surface area contributed by atoms with Crippen LogP contribution in [-0.2, 0) is 17.1 Å². The van der Waals surface area contributed by atoms with E-state index in [1.54, 1.807) is 0 Å². The van der Waals surface area contributed by atoms with E-state index in [1.165, 1.54) is 0 Å². The molecule has 0 aromatic carbocycles. The van der Waals surface area contributed by atoms with Gasteiger partial charge in [0.2, 0.25) is 0 Å². The normalized spacial score (nSPS) is 10.6. The molecule has 0 radical (unpaired) electrons. The van der Waals surface area contributed by atoms with Gasteiger partial charge in [-0.25, -0.2) is 0 Å². The Labute approximate surface area is 73.9 Å². The van der Waals surface area contributed by atoms with Crippen molar-refractivity contribution in [2.24, 2.45) is 8.58 Å². The first kappa shape index (κ1) is 14.2.